The molecule has 0 aliphatic carbocycles. The number of amides is 1. The van der Waals surface area contributed by atoms with Crippen molar-refractivity contribution in [2.75, 3.05) is 6.54 Å². The molecule has 0 bridgehead atoms. The van der Waals surface area contributed by atoms with Crippen LogP contribution in [-0.2, 0) is 4.79 Å². The summed E-state index contributed by atoms with van der Waals surface area (Å²) in [4.78, 5) is 34.9. The minimum Gasteiger partial charge on any atom is -0.480 e. The van der Waals surface area contributed by atoms with Crippen molar-refractivity contribution in [1.29, 1.82) is 0 Å². The zero-order chi connectivity index (χ0) is 15.7. The Morgan fingerprint density at radius 1 is 1.43 bits per heavy atom. The third kappa shape index (κ3) is 2.70. The molecule has 0 radical (unpaired) electrons. The van der Waals surface area contributed by atoms with Crippen LogP contribution in [0.2, 0.25) is 0 Å². The molecule has 8 heteroatoms. The van der Waals surface area contributed by atoms with Crippen LogP contribution in [0, 0.1) is 17.0 Å². The van der Waals surface area contributed by atoms with E-state index in [0.717, 1.165) is 4.90 Å². The lowest BCUT2D eigenvalue weighted by Crippen LogP contribution is -2.40. The fourth-order valence-electron chi connectivity index (χ4n) is 2.48. The Bertz CT molecular complexity index is 615. The van der Waals surface area contributed by atoms with Gasteiger partial charge in [0.2, 0.25) is 0 Å². The molecule has 0 unspecified atom stereocenters. The van der Waals surface area contributed by atoms with E-state index in [1.807, 2.05) is 0 Å². The predicted octanol–water partition coefficient (Wildman–Crippen LogP) is 0.563. The molecule has 0 aromatic heterocycles. The Labute approximate surface area is 119 Å². The molecule has 1 saturated heterocycles. The van der Waals surface area contributed by atoms with Gasteiger partial charge >= 0.3 is 5.97 Å². The Balaban J connectivity index is 2.38. The Morgan fingerprint density at radius 3 is 2.67 bits per heavy atom. The summed E-state index contributed by atoms with van der Waals surface area (Å²) in [5.74, 6) is -1.83. The number of carboxylic acids is 1. The average molecular weight is 294 g/mol. The predicted molar refractivity (Wildman–Crippen MR) is 70.9 cm³/mol. The van der Waals surface area contributed by atoms with Crippen LogP contribution in [0.1, 0.15) is 22.3 Å². The summed E-state index contributed by atoms with van der Waals surface area (Å²) in [5.41, 5.74) is 0.0510. The number of benzene rings is 1. The monoisotopic (exact) mass is 294 g/mol. The third-order valence-electron chi connectivity index (χ3n) is 3.56. The number of carbonyl (C=O) groups is 2. The lowest BCUT2D eigenvalue weighted by Gasteiger charge is -2.21. The summed E-state index contributed by atoms with van der Waals surface area (Å²) >= 11 is 0. The van der Waals surface area contributed by atoms with Crippen molar-refractivity contribution in [2.24, 2.45) is 0 Å². The molecule has 0 saturated carbocycles. The summed E-state index contributed by atoms with van der Waals surface area (Å²) in [6.45, 7) is 1.34. The van der Waals surface area contributed by atoms with Crippen molar-refractivity contribution >= 4 is 17.6 Å². The molecular formula is C13H14N2O6. The van der Waals surface area contributed by atoms with E-state index >= 15 is 0 Å². The van der Waals surface area contributed by atoms with Gasteiger partial charge < -0.3 is 15.1 Å². The van der Waals surface area contributed by atoms with Crippen LogP contribution in [0.5, 0.6) is 0 Å². The van der Waals surface area contributed by atoms with Gasteiger partial charge in [0.1, 0.15) is 6.04 Å². The second kappa shape index (κ2) is 5.49. The van der Waals surface area contributed by atoms with Gasteiger partial charge in [-0.25, -0.2) is 4.79 Å². The summed E-state index contributed by atoms with van der Waals surface area (Å²) in [6.07, 6.45) is -0.955. The van der Waals surface area contributed by atoms with Crippen LogP contribution in [-0.4, -0.2) is 50.6 Å². The Morgan fingerprint density at radius 2 is 2.10 bits per heavy atom. The highest BCUT2D eigenvalue weighted by atomic mass is 16.6. The normalized spacial score (nSPS) is 21.3. The van der Waals surface area contributed by atoms with E-state index in [1.165, 1.54) is 25.1 Å². The van der Waals surface area contributed by atoms with Crippen molar-refractivity contribution < 1.29 is 24.7 Å². The molecule has 2 N–H and O–H groups in total. The molecule has 2 rings (SSSR count). The second-order valence-electron chi connectivity index (χ2n) is 4.91. The van der Waals surface area contributed by atoms with Crippen LogP contribution in [0.3, 0.4) is 0 Å². The van der Waals surface area contributed by atoms with E-state index < -0.39 is 28.9 Å². The van der Waals surface area contributed by atoms with Gasteiger partial charge in [-0.15, -0.1) is 0 Å². The molecule has 1 amide bonds. The van der Waals surface area contributed by atoms with Gasteiger partial charge in [0.15, 0.2) is 0 Å². The molecular weight excluding hydrogens is 280 g/mol. The standard InChI is InChI=1S/C13H14N2O6/c1-7-9(3-2-4-10(7)15(20)21)12(17)14-6-8(16)5-11(14)13(18)19/h2-4,8,11,16H,5-6H2,1H3,(H,18,19)/t8-,11-/m0/s1. The number of carboxylic acid groups (broad SMARTS) is 1. The van der Waals surface area contributed by atoms with Crippen LogP contribution in [0.25, 0.3) is 0 Å². The second-order valence-corrected chi connectivity index (χ2v) is 4.91. The van der Waals surface area contributed by atoms with Gasteiger partial charge in [-0.2, -0.15) is 0 Å². The first-order valence-electron chi connectivity index (χ1n) is 6.28. The van der Waals surface area contributed by atoms with Crippen molar-refractivity contribution in [2.45, 2.75) is 25.5 Å². The number of aliphatic carboxylic acids is 1. The number of aliphatic hydroxyl groups excluding tert-OH is 1. The summed E-state index contributed by atoms with van der Waals surface area (Å²) in [6, 6.07) is 2.94. The van der Waals surface area contributed by atoms with Gasteiger partial charge in [-0.3, -0.25) is 14.9 Å². The molecule has 1 heterocycles. The van der Waals surface area contributed by atoms with Gasteiger partial charge in [-0.1, -0.05) is 6.07 Å². The highest BCUT2D eigenvalue weighted by molar-refractivity contribution is 5.99. The Kier molecular flexibility index (Phi) is 3.90. The van der Waals surface area contributed by atoms with Gasteiger partial charge in [0.05, 0.1) is 11.0 Å². The highest BCUT2D eigenvalue weighted by Crippen LogP contribution is 2.26. The first-order chi connectivity index (χ1) is 9.82. The summed E-state index contributed by atoms with van der Waals surface area (Å²) in [7, 11) is 0. The van der Waals surface area contributed by atoms with E-state index in [1.54, 1.807) is 0 Å². The maximum Gasteiger partial charge on any atom is 0.326 e. The Hall–Kier alpha value is -2.48. The lowest BCUT2D eigenvalue weighted by molar-refractivity contribution is -0.385. The zero-order valence-corrected chi connectivity index (χ0v) is 11.2. The van der Waals surface area contributed by atoms with Crippen LogP contribution >= 0.6 is 0 Å². The number of hydrogen-bond donors (Lipinski definition) is 2. The molecule has 2 atom stereocenters. The molecule has 0 spiro atoms. The van der Waals surface area contributed by atoms with E-state index in [9.17, 15) is 24.8 Å². The van der Waals surface area contributed by atoms with E-state index in [4.69, 9.17) is 5.11 Å². The van der Waals surface area contributed by atoms with E-state index in [-0.39, 0.29) is 29.8 Å². The number of likely N-dealkylation sites (tertiary alicyclic amines) is 1. The summed E-state index contributed by atoms with van der Waals surface area (Å²) < 4.78 is 0. The van der Waals surface area contributed by atoms with Crippen LogP contribution in [0.4, 0.5) is 5.69 Å². The molecule has 8 nitrogen and oxygen atoms in total. The number of nitro groups is 1. The van der Waals surface area contributed by atoms with Crippen molar-refractivity contribution in [3.63, 3.8) is 0 Å². The fraction of sp³-hybridized carbons (Fsp3) is 0.385. The minimum absolute atomic E-state index is 0.0466. The number of aliphatic hydroxyl groups is 1. The molecule has 1 aromatic rings. The van der Waals surface area contributed by atoms with Gasteiger partial charge in [-0.05, 0) is 13.0 Å². The SMILES string of the molecule is Cc1c(C(=O)N2C[C@@H](O)C[C@H]2C(=O)O)cccc1[N+](=O)[O-]. The zero-order valence-electron chi connectivity index (χ0n) is 11.2. The average Bonchev–Trinajstić information content (AvgIpc) is 2.80. The lowest BCUT2D eigenvalue weighted by atomic mass is 10.1. The fourth-order valence-corrected chi connectivity index (χ4v) is 2.48. The molecule has 1 aliphatic heterocycles. The largest absolute Gasteiger partial charge is 0.480 e. The number of β-amino-alcohol motifs (C(OH)–C–C–N with tert-alkyl or cyclic N) is 1. The first kappa shape index (κ1) is 14.9. The van der Waals surface area contributed by atoms with Gasteiger partial charge in [0.25, 0.3) is 11.6 Å². The first-order valence-corrected chi connectivity index (χ1v) is 6.28. The molecule has 1 aromatic carbocycles. The number of rotatable bonds is 3. The quantitative estimate of drug-likeness (QED) is 0.620. The smallest absolute Gasteiger partial charge is 0.326 e. The van der Waals surface area contributed by atoms with Crippen molar-refractivity contribution in [3.05, 3.63) is 39.4 Å². The number of hydrogen-bond acceptors (Lipinski definition) is 5. The molecule has 21 heavy (non-hydrogen) atoms. The van der Waals surface area contributed by atoms with Crippen LogP contribution in [0.15, 0.2) is 18.2 Å². The topological polar surface area (TPSA) is 121 Å². The maximum absolute atomic E-state index is 12.4. The highest BCUT2D eigenvalue weighted by Gasteiger charge is 2.40. The maximum atomic E-state index is 12.4. The van der Waals surface area contributed by atoms with Gasteiger partial charge in [0, 0.05) is 30.2 Å². The van der Waals surface area contributed by atoms with E-state index in [0.29, 0.717) is 0 Å². The van der Waals surface area contributed by atoms with Crippen molar-refractivity contribution in [1.82, 2.24) is 4.90 Å². The molecule has 1 aliphatic rings. The summed E-state index contributed by atoms with van der Waals surface area (Å²) in [5, 5.41) is 29.5. The molecule has 112 valence electrons. The number of nitrogens with zero attached hydrogens (tertiary/aromatic N) is 2. The number of carbonyl (C=O) groups excluding carboxylic acids is 1. The minimum atomic E-state index is -1.21. The van der Waals surface area contributed by atoms with Crippen molar-refractivity contribution in [3.8, 4) is 0 Å². The number of nitro benzene ring substituents is 1. The van der Waals surface area contributed by atoms with Crippen LogP contribution < -0.4 is 0 Å². The third-order valence-corrected chi connectivity index (χ3v) is 3.56. The molecule has 1 fully saturated rings. The van der Waals surface area contributed by atoms with E-state index in [2.05, 4.69) is 0 Å².